The summed E-state index contributed by atoms with van der Waals surface area (Å²) in [4.78, 5) is 47.2. The van der Waals surface area contributed by atoms with Gasteiger partial charge in [-0.25, -0.2) is 9.97 Å². The summed E-state index contributed by atoms with van der Waals surface area (Å²) in [5.74, 6) is 0.0621. The van der Waals surface area contributed by atoms with E-state index in [9.17, 15) is 14.7 Å². The Bertz CT molecular complexity index is 2240. The number of piperidine rings is 2. The zero-order valence-corrected chi connectivity index (χ0v) is 30.4. The molecule has 2 fully saturated rings. The molecule has 6 aromatic rings. The molecule has 2 aromatic carbocycles. The lowest BCUT2D eigenvalue weighted by Crippen LogP contribution is -2.53. The van der Waals surface area contributed by atoms with Crippen LogP contribution in [0.5, 0.6) is 0 Å². The third kappa shape index (κ3) is 6.83. The van der Waals surface area contributed by atoms with Gasteiger partial charge in [-0.2, -0.15) is 0 Å². The van der Waals surface area contributed by atoms with Crippen molar-refractivity contribution in [3.05, 3.63) is 130 Å². The minimum absolute atomic E-state index is 0.0555. The Kier molecular flexibility index (Phi) is 9.33. The molecule has 0 bridgehead atoms. The monoisotopic (exact) mass is 713 g/mol. The molecule has 52 heavy (non-hydrogen) atoms. The van der Waals surface area contributed by atoms with Crippen LogP contribution in [0.4, 0.5) is 0 Å². The molecule has 0 unspecified atom stereocenters. The number of pyridine rings is 1. The second kappa shape index (κ2) is 14.2. The lowest BCUT2D eigenvalue weighted by Gasteiger charge is -2.43. The van der Waals surface area contributed by atoms with Crippen LogP contribution in [0.15, 0.2) is 102 Å². The molecule has 266 valence electrons. The van der Waals surface area contributed by atoms with Gasteiger partial charge in [0.05, 0.1) is 17.5 Å². The van der Waals surface area contributed by atoms with Gasteiger partial charge in [-0.1, -0.05) is 48.5 Å². The standard InChI is InChI=1S/C41H43N7O3S/c1-28-13-14-31(22-42-28)38-43-23-33(52-38)24-45-18-15-34(36(25-45)30-9-5-3-6-10-30)39(49)46-19-16-41(51,17-20-46)26-47-27-44-37-35(40(47)50)21-29(2)48(37)32-11-7-4-8-12-32/h3-14,21-23,27,34,36,51H,15-20,24-26H2,1-2H3/t34-,36+/m1/s1. The quantitative estimate of drug-likeness (QED) is 0.207. The molecular weight excluding hydrogens is 671 g/mol. The van der Waals surface area contributed by atoms with Crippen LogP contribution in [0.25, 0.3) is 27.3 Å². The van der Waals surface area contributed by atoms with Gasteiger partial charge in [-0.05, 0) is 75.5 Å². The maximum atomic E-state index is 14.3. The first-order chi connectivity index (χ1) is 25.2. The molecule has 1 N–H and O–H groups in total. The molecule has 11 heteroatoms. The molecule has 2 aliphatic heterocycles. The SMILES string of the molecule is Cc1ccc(-c2ncc(CN3CC[C@@H](C(=O)N4CCC(O)(Cn5cnc6c(cc(C)n6-c6ccccc6)c5=O)CC4)[C@H](c4ccccc4)C3)s2)cn1. The zero-order chi connectivity index (χ0) is 35.8. The number of hydrogen-bond acceptors (Lipinski definition) is 8. The summed E-state index contributed by atoms with van der Waals surface area (Å²) in [7, 11) is 0. The van der Waals surface area contributed by atoms with Crippen molar-refractivity contribution >= 4 is 28.3 Å². The predicted molar refractivity (Wildman–Crippen MR) is 203 cm³/mol. The normalized spacial score (nSPS) is 19.2. The van der Waals surface area contributed by atoms with Gasteiger partial charge in [0.2, 0.25) is 5.91 Å². The number of fused-ring (bicyclic) bond motifs is 1. The minimum Gasteiger partial charge on any atom is -0.388 e. The first-order valence-corrected chi connectivity index (χ1v) is 18.9. The predicted octanol–water partition coefficient (Wildman–Crippen LogP) is 5.98. The van der Waals surface area contributed by atoms with E-state index in [-0.39, 0.29) is 29.8 Å². The van der Waals surface area contributed by atoms with Gasteiger partial charge in [-0.15, -0.1) is 11.3 Å². The highest BCUT2D eigenvalue weighted by atomic mass is 32.1. The Morgan fingerprint density at radius 1 is 0.923 bits per heavy atom. The average Bonchev–Trinajstić information content (AvgIpc) is 3.78. The second-order valence-electron chi connectivity index (χ2n) is 14.4. The number of carbonyl (C=O) groups is 1. The van der Waals surface area contributed by atoms with E-state index in [4.69, 9.17) is 0 Å². The zero-order valence-electron chi connectivity index (χ0n) is 29.6. The molecular formula is C41H43N7O3S. The topological polar surface area (TPSA) is 109 Å². The molecule has 8 rings (SSSR count). The molecule has 2 aliphatic rings. The molecule has 6 heterocycles. The number of aromatic nitrogens is 5. The van der Waals surface area contributed by atoms with Crippen LogP contribution in [0.3, 0.4) is 0 Å². The largest absolute Gasteiger partial charge is 0.388 e. The van der Waals surface area contributed by atoms with E-state index in [1.807, 2.05) is 96.4 Å². The van der Waals surface area contributed by atoms with Crippen LogP contribution >= 0.6 is 11.3 Å². The van der Waals surface area contributed by atoms with E-state index in [1.54, 1.807) is 17.7 Å². The smallest absolute Gasteiger partial charge is 0.262 e. The first kappa shape index (κ1) is 34.1. The van der Waals surface area contributed by atoms with Gasteiger partial charge in [0.1, 0.15) is 11.3 Å². The van der Waals surface area contributed by atoms with Crippen molar-refractivity contribution in [3.8, 4) is 16.3 Å². The molecule has 0 aliphatic carbocycles. The van der Waals surface area contributed by atoms with Crippen LogP contribution in [0, 0.1) is 19.8 Å². The molecule has 2 saturated heterocycles. The first-order valence-electron chi connectivity index (χ1n) is 18.0. The van der Waals surface area contributed by atoms with Gasteiger partial charge in [0.25, 0.3) is 5.56 Å². The molecule has 4 aromatic heterocycles. The summed E-state index contributed by atoms with van der Waals surface area (Å²) in [5.41, 5.74) is 4.37. The Labute approximate surface area is 307 Å². The van der Waals surface area contributed by atoms with Crippen LogP contribution in [-0.2, 0) is 17.9 Å². The number of aryl methyl sites for hydroxylation is 2. The number of thiazole rings is 1. The number of hydrogen-bond donors (Lipinski definition) is 1. The van der Waals surface area contributed by atoms with Gasteiger partial charge in [0.15, 0.2) is 5.65 Å². The maximum Gasteiger partial charge on any atom is 0.262 e. The fourth-order valence-corrected chi connectivity index (χ4v) is 8.88. The van der Waals surface area contributed by atoms with Crippen molar-refractivity contribution in [1.29, 1.82) is 0 Å². The van der Waals surface area contributed by atoms with E-state index in [0.29, 0.717) is 37.0 Å². The Balaban J connectivity index is 0.936. The van der Waals surface area contributed by atoms with Crippen molar-refractivity contribution in [2.24, 2.45) is 5.92 Å². The van der Waals surface area contributed by atoms with E-state index >= 15 is 0 Å². The van der Waals surface area contributed by atoms with Crippen LogP contribution in [-0.4, -0.2) is 76.7 Å². The number of para-hydroxylation sites is 1. The van der Waals surface area contributed by atoms with Gasteiger partial charge >= 0.3 is 0 Å². The number of benzene rings is 2. The summed E-state index contributed by atoms with van der Waals surface area (Å²) < 4.78 is 3.51. The molecule has 0 spiro atoms. The van der Waals surface area contributed by atoms with E-state index in [0.717, 1.165) is 53.7 Å². The molecule has 1 amide bonds. The highest BCUT2D eigenvalue weighted by Gasteiger charge is 2.41. The number of likely N-dealkylation sites (tertiary alicyclic amines) is 2. The fraction of sp³-hybridized carbons (Fsp3) is 0.341. The fourth-order valence-electron chi connectivity index (χ4n) is 7.94. The number of aliphatic hydroxyl groups is 1. The minimum atomic E-state index is -1.11. The van der Waals surface area contributed by atoms with Crippen LogP contribution < -0.4 is 5.56 Å². The summed E-state index contributed by atoms with van der Waals surface area (Å²) >= 11 is 1.70. The summed E-state index contributed by atoms with van der Waals surface area (Å²) in [6.45, 7) is 7.36. The van der Waals surface area contributed by atoms with Crippen molar-refractivity contribution in [2.45, 2.75) is 57.7 Å². The van der Waals surface area contributed by atoms with E-state index in [2.05, 4.69) is 38.1 Å². The van der Waals surface area contributed by atoms with Crippen LogP contribution in [0.1, 0.15) is 47.0 Å². The Morgan fingerprint density at radius 2 is 1.67 bits per heavy atom. The highest BCUT2D eigenvalue weighted by Crippen LogP contribution is 2.37. The Morgan fingerprint density at radius 3 is 2.40 bits per heavy atom. The van der Waals surface area contributed by atoms with Gasteiger partial charge < -0.3 is 10.0 Å². The van der Waals surface area contributed by atoms with Crippen molar-refractivity contribution in [3.63, 3.8) is 0 Å². The third-order valence-electron chi connectivity index (χ3n) is 10.8. The highest BCUT2D eigenvalue weighted by molar-refractivity contribution is 7.15. The maximum absolute atomic E-state index is 14.3. The van der Waals surface area contributed by atoms with Crippen LogP contribution in [0.2, 0.25) is 0 Å². The van der Waals surface area contributed by atoms with E-state index < -0.39 is 5.60 Å². The third-order valence-corrected chi connectivity index (χ3v) is 11.8. The number of amides is 1. The number of nitrogens with zero attached hydrogens (tertiary/aromatic N) is 7. The molecule has 2 atom stereocenters. The second-order valence-corrected chi connectivity index (χ2v) is 15.5. The van der Waals surface area contributed by atoms with Crippen molar-refractivity contribution in [1.82, 2.24) is 33.9 Å². The molecule has 0 saturated carbocycles. The number of rotatable bonds is 8. The summed E-state index contributed by atoms with van der Waals surface area (Å²) in [5, 5.41) is 13.2. The average molecular weight is 714 g/mol. The molecule has 0 radical (unpaired) electrons. The summed E-state index contributed by atoms with van der Waals surface area (Å²) in [6, 6.07) is 26.2. The van der Waals surface area contributed by atoms with Gasteiger partial charge in [-0.3, -0.25) is 28.6 Å². The summed E-state index contributed by atoms with van der Waals surface area (Å²) in [6.07, 6.45) is 6.94. The van der Waals surface area contributed by atoms with E-state index in [1.165, 1.54) is 15.0 Å². The Hall–Kier alpha value is -4.97. The van der Waals surface area contributed by atoms with Crippen molar-refractivity contribution in [2.75, 3.05) is 26.2 Å². The lowest BCUT2D eigenvalue weighted by molar-refractivity contribution is -0.142. The van der Waals surface area contributed by atoms with Crippen molar-refractivity contribution < 1.29 is 9.90 Å². The van der Waals surface area contributed by atoms with Gasteiger partial charge in [0, 0.05) is 77.9 Å². The lowest BCUT2D eigenvalue weighted by atomic mass is 9.79. The molecule has 10 nitrogen and oxygen atoms in total. The number of carbonyl (C=O) groups excluding carboxylic acids is 1.